The van der Waals surface area contributed by atoms with Gasteiger partial charge in [-0.25, -0.2) is 13.8 Å². The standard InChI is InChI=1S/C20H19F2N7/c1-25-10-13(9-23)27-20-26-11-15(14-4-2-3-5-16(14)21)19(29-20)28-18-8-12(24)6-7-17(18)22/h2-11H,23-24H2,1H3,(H2,26,27,28,29)/b13-9+,25-10?. The first kappa shape index (κ1) is 19.7. The molecule has 6 N–H and O–H groups in total. The van der Waals surface area contributed by atoms with E-state index >= 15 is 0 Å². The lowest BCUT2D eigenvalue weighted by atomic mass is 10.1. The maximum atomic E-state index is 14.4. The molecule has 0 bridgehead atoms. The molecule has 0 radical (unpaired) electrons. The molecular formula is C20H19F2N7. The smallest absolute Gasteiger partial charge is 0.229 e. The van der Waals surface area contributed by atoms with Crippen molar-refractivity contribution in [3.05, 3.63) is 72.2 Å². The van der Waals surface area contributed by atoms with E-state index < -0.39 is 11.6 Å². The molecule has 0 aliphatic carbocycles. The van der Waals surface area contributed by atoms with Crippen molar-refractivity contribution in [3.63, 3.8) is 0 Å². The SMILES string of the molecule is CN=C/C(=C\N)Nc1ncc(-c2ccccc2F)c(Nc2cc(N)ccc2F)n1. The maximum Gasteiger partial charge on any atom is 0.229 e. The summed E-state index contributed by atoms with van der Waals surface area (Å²) in [5.74, 6) is -0.656. The number of allylic oxidation sites excluding steroid dienone is 1. The van der Waals surface area contributed by atoms with Gasteiger partial charge in [0, 0.05) is 42.5 Å². The fourth-order valence-electron chi connectivity index (χ4n) is 2.57. The number of hydrogen-bond acceptors (Lipinski definition) is 7. The highest BCUT2D eigenvalue weighted by atomic mass is 19.1. The number of nitrogens with zero attached hydrogens (tertiary/aromatic N) is 3. The summed E-state index contributed by atoms with van der Waals surface area (Å²) in [4.78, 5) is 12.4. The molecule has 0 spiro atoms. The van der Waals surface area contributed by atoms with Crippen LogP contribution in [0.3, 0.4) is 0 Å². The molecule has 3 aromatic rings. The fraction of sp³-hybridized carbons (Fsp3) is 0.0500. The number of hydrogen-bond donors (Lipinski definition) is 4. The first-order valence-electron chi connectivity index (χ1n) is 8.57. The van der Waals surface area contributed by atoms with Crippen LogP contribution in [-0.4, -0.2) is 23.2 Å². The van der Waals surface area contributed by atoms with Gasteiger partial charge in [-0.05, 0) is 24.3 Å². The molecule has 2 aromatic carbocycles. The van der Waals surface area contributed by atoms with Crippen LogP contribution in [0, 0.1) is 11.6 Å². The van der Waals surface area contributed by atoms with Crippen LogP contribution < -0.4 is 22.1 Å². The van der Waals surface area contributed by atoms with Crippen LogP contribution in [-0.2, 0) is 0 Å². The van der Waals surface area contributed by atoms with Crippen molar-refractivity contribution in [1.29, 1.82) is 0 Å². The number of aliphatic imine (C=N–C) groups is 1. The van der Waals surface area contributed by atoms with Crippen molar-refractivity contribution < 1.29 is 8.78 Å². The van der Waals surface area contributed by atoms with E-state index in [4.69, 9.17) is 11.5 Å². The highest BCUT2D eigenvalue weighted by molar-refractivity contribution is 5.83. The van der Waals surface area contributed by atoms with E-state index in [9.17, 15) is 8.78 Å². The highest BCUT2D eigenvalue weighted by Crippen LogP contribution is 2.32. The van der Waals surface area contributed by atoms with Gasteiger partial charge in [0.2, 0.25) is 5.95 Å². The molecule has 0 atom stereocenters. The number of anilines is 4. The molecule has 148 valence electrons. The molecule has 7 nitrogen and oxygen atoms in total. The fourth-order valence-corrected chi connectivity index (χ4v) is 2.57. The largest absolute Gasteiger partial charge is 0.403 e. The zero-order chi connectivity index (χ0) is 20.8. The third-order valence-corrected chi connectivity index (χ3v) is 3.90. The van der Waals surface area contributed by atoms with E-state index in [0.29, 0.717) is 16.9 Å². The van der Waals surface area contributed by atoms with Gasteiger partial charge in [-0.15, -0.1) is 0 Å². The van der Waals surface area contributed by atoms with E-state index in [1.54, 1.807) is 25.2 Å². The van der Waals surface area contributed by atoms with Gasteiger partial charge in [-0.2, -0.15) is 4.98 Å². The minimum absolute atomic E-state index is 0.0944. The Morgan fingerprint density at radius 3 is 2.62 bits per heavy atom. The Morgan fingerprint density at radius 2 is 1.90 bits per heavy atom. The normalized spacial score (nSPS) is 11.6. The Bertz CT molecular complexity index is 1080. The van der Waals surface area contributed by atoms with E-state index in [0.717, 1.165) is 0 Å². The Morgan fingerprint density at radius 1 is 1.10 bits per heavy atom. The van der Waals surface area contributed by atoms with Crippen molar-refractivity contribution in [2.75, 3.05) is 23.4 Å². The minimum Gasteiger partial charge on any atom is -0.403 e. The van der Waals surface area contributed by atoms with Crippen molar-refractivity contribution >= 4 is 29.4 Å². The lowest BCUT2D eigenvalue weighted by Crippen LogP contribution is -2.09. The van der Waals surface area contributed by atoms with Crippen molar-refractivity contribution in [2.24, 2.45) is 10.7 Å². The van der Waals surface area contributed by atoms with Gasteiger partial charge in [-0.3, -0.25) is 4.99 Å². The summed E-state index contributed by atoms with van der Waals surface area (Å²) < 4.78 is 28.6. The minimum atomic E-state index is -0.535. The molecule has 3 rings (SSSR count). The number of benzene rings is 2. The summed E-state index contributed by atoms with van der Waals surface area (Å²) in [5.41, 5.74) is 12.8. The summed E-state index contributed by atoms with van der Waals surface area (Å²) in [6, 6.07) is 10.2. The molecule has 0 fully saturated rings. The first-order valence-corrected chi connectivity index (χ1v) is 8.57. The summed E-state index contributed by atoms with van der Waals surface area (Å²) in [6.07, 6.45) is 4.21. The van der Waals surface area contributed by atoms with Gasteiger partial charge in [0.05, 0.1) is 11.4 Å². The molecule has 0 aliphatic rings. The highest BCUT2D eigenvalue weighted by Gasteiger charge is 2.15. The summed E-state index contributed by atoms with van der Waals surface area (Å²) >= 11 is 0. The van der Waals surface area contributed by atoms with Crippen LogP contribution >= 0.6 is 0 Å². The molecular weight excluding hydrogens is 376 g/mol. The quantitative estimate of drug-likeness (QED) is 0.374. The van der Waals surface area contributed by atoms with Gasteiger partial charge >= 0.3 is 0 Å². The van der Waals surface area contributed by atoms with Crippen LogP contribution in [0.4, 0.5) is 31.9 Å². The Balaban J connectivity index is 2.09. The van der Waals surface area contributed by atoms with E-state index in [1.807, 2.05) is 0 Å². The molecule has 0 saturated carbocycles. The zero-order valence-electron chi connectivity index (χ0n) is 15.5. The number of nitrogen functional groups attached to an aromatic ring is 1. The molecule has 1 aromatic heterocycles. The third-order valence-electron chi connectivity index (χ3n) is 3.90. The zero-order valence-corrected chi connectivity index (χ0v) is 15.5. The Labute approximate surface area is 166 Å². The van der Waals surface area contributed by atoms with Crippen LogP contribution in [0.1, 0.15) is 0 Å². The van der Waals surface area contributed by atoms with Crippen molar-refractivity contribution in [3.8, 4) is 11.1 Å². The molecule has 29 heavy (non-hydrogen) atoms. The average Bonchev–Trinajstić information content (AvgIpc) is 2.71. The van der Waals surface area contributed by atoms with Gasteiger partial charge in [0.1, 0.15) is 17.5 Å². The Kier molecular flexibility index (Phi) is 5.98. The van der Waals surface area contributed by atoms with Crippen molar-refractivity contribution in [2.45, 2.75) is 0 Å². The lowest BCUT2D eigenvalue weighted by molar-refractivity contribution is 0.631. The number of halogens is 2. The van der Waals surface area contributed by atoms with E-state index in [-0.39, 0.29) is 23.0 Å². The second-order valence-electron chi connectivity index (χ2n) is 5.93. The summed E-state index contributed by atoms with van der Waals surface area (Å²) in [6.45, 7) is 0. The first-order chi connectivity index (χ1) is 14.0. The maximum absolute atomic E-state index is 14.4. The van der Waals surface area contributed by atoms with E-state index in [2.05, 4.69) is 25.6 Å². The Hall–Kier alpha value is -4.01. The van der Waals surface area contributed by atoms with Gasteiger partial charge in [-0.1, -0.05) is 18.2 Å². The average molecular weight is 395 g/mol. The second kappa shape index (κ2) is 8.79. The molecule has 0 aliphatic heterocycles. The molecule has 0 unspecified atom stereocenters. The van der Waals surface area contributed by atoms with Crippen LogP contribution in [0.15, 0.2) is 65.6 Å². The third kappa shape index (κ3) is 4.64. The van der Waals surface area contributed by atoms with Gasteiger partial charge in [0.15, 0.2) is 0 Å². The predicted octanol–water partition coefficient (Wildman–Crippen LogP) is 3.66. The molecule has 0 saturated heterocycles. The van der Waals surface area contributed by atoms with E-state index in [1.165, 1.54) is 42.9 Å². The summed E-state index contributed by atoms with van der Waals surface area (Å²) in [7, 11) is 1.59. The van der Waals surface area contributed by atoms with Gasteiger partial charge < -0.3 is 22.1 Å². The van der Waals surface area contributed by atoms with Crippen LogP contribution in [0.25, 0.3) is 11.1 Å². The number of rotatable bonds is 6. The topological polar surface area (TPSA) is 114 Å². The molecule has 1 heterocycles. The number of aromatic nitrogens is 2. The summed E-state index contributed by atoms with van der Waals surface area (Å²) in [5, 5.41) is 5.76. The lowest BCUT2D eigenvalue weighted by Gasteiger charge is -2.14. The molecule has 9 heteroatoms. The molecule has 0 amide bonds. The van der Waals surface area contributed by atoms with Crippen LogP contribution in [0.2, 0.25) is 0 Å². The number of nitrogens with two attached hydrogens (primary N) is 2. The monoisotopic (exact) mass is 395 g/mol. The predicted molar refractivity (Wildman–Crippen MR) is 112 cm³/mol. The van der Waals surface area contributed by atoms with Crippen molar-refractivity contribution in [1.82, 2.24) is 9.97 Å². The number of nitrogens with one attached hydrogen (secondary N) is 2. The van der Waals surface area contributed by atoms with Crippen LogP contribution in [0.5, 0.6) is 0 Å². The second-order valence-corrected chi connectivity index (χ2v) is 5.93. The van der Waals surface area contributed by atoms with Gasteiger partial charge in [0.25, 0.3) is 0 Å².